The number of hydrogen-bond acceptors (Lipinski definition) is 6. The summed E-state index contributed by atoms with van der Waals surface area (Å²) in [6.45, 7) is 0.403. The van der Waals surface area contributed by atoms with Gasteiger partial charge in [-0.2, -0.15) is 0 Å². The van der Waals surface area contributed by atoms with Crippen LogP contribution in [-0.4, -0.2) is 29.2 Å². The highest BCUT2D eigenvalue weighted by atomic mass is 32.2. The molecule has 0 saturated carbocycles. The zero-order valence-electron chi connectivity index (χ0n) is 13.4. The standard InChI is InChI=1S/C17H15N3O3S2/c1-25(21,22)11-16-19-13-5-2-3-6-14(13)20(16)9-12-10-23-17(18-12)15-7-4-8-24-15/h2-8,10H,9,11H2,1H3. The first-order valence-corrected chi connectivity index (χ1v) is 10.5. The van der Waals surface area contributed by atoms with Gasteiger partial charge in [0.25, 0.3) is 0 Å². The van der Waals surface area contributed by atoms with Crippen LogP contribution in [0.3, 0.4) is 0 Å². The van der Waals surface area contributed by atoms with E-state index in [0.29, 0.717) is 18.3 Å². The van der Waals surface area contributed by atoms with Gasteiger partial charge in [0.2, 0.25) is 5.89 Å². The molecule has 0 aliphatic carbocycles. The fraction of sp³-hybridized carbons (Fsp3) is 0.176. The van der Waals surface area contributed by atoms with Crippen LogP contribution in [0.15, 0.2) is 52.5 Å². The minimum Gasteiger partial charge on any atom is -0.443 e. The molecule has 3 heterocycles. The number of para-hydroxylation sites is 2. The first-order chi connectivity index (χ1) is 12.0. The molecule has 1 aromatic carbocycles. The molecule has 0 saturated heterocycles. The first-order valence-electron chi connectivity index (χ1n) is 7.60. The van der Waals surface area contributed by atoms with Crippen LogP contribution < -0.4 is 0 Å². The summed E-state index contributed by atoms with van der Waals surface area (Å²) in [5.41, 5.74) is 2.37. The highest BCUT2D eigenvalue weighted by molar-refractivity contribution is 7.89. The van der Waals surface area contributed by atoms with Gasteiger partial charge in [0.05, 0.1) is 28.1 Å². The predicted molar refractivity (Wildman–Crippen MR) is 97.2 cm³/mol. The van der Waals surface area contributed by atoms with Crippen LogP contribution in [0.4, 0.5) is 0 Å². The molecular formula is C17H15N3O3S2. The summed E-state index contributed by atoms with van der Waals surface area (Å²) in [6.07, 6.45) is 2.82. The van der Waals surface area contributed by atoms with Crippen LogP contribution in [0.1, 0.15) is 11.5 Å². The third-order valence-electron chi connectivity index (χ3n) is 3.73. The van der Waals surface area contributed by atoms with E-state index in [1.165, 1.54) is 6.26 Å². The van der Waals surface area contributed by atoms with Gasteiger partial charge in [-0.3, -0.25) is 0 Å². The Hall–Kier alpha value is -2.45. The number of benzene rings is 1. The minimum absolute atomic E-state index is 0.114. The van der Waals surface area contributed by atoms with E-state index < -0.39 is 9.84 Å². The van der Waals surface area contributed by atoms with E-state index in [-0.39, 0.29) is 5.75 Å². The van der Waals surface area contributed by atoms with Crippen LogP contribution >= 0.6 is 11.3 Å². The average molecular weight is 373 g/mol. The topological polar surface area (TPSA) is 78.0 Å². The van der Waals surface area contributed by atoms with Crippen molar-refractivity contribution in [2.24, 2.45) is 0 Å². The predicted octanol–water partition coefficient (Wildman–Crippen LogP) is 3.35. The van der Waals surface area contributed by atoms with Crippen LogP contribution in [0, 0.1) is 0 Å². The minimum atomic E-state index is -3.20. The third kappa shape index (κ3) is 3.35. The SMILES string of the molecule is CS(=O)(=O)Cc1nc2ccccc2n1Cc1coc(-c2cccs2)n1. The van der Waals surface area contributed by atoms with Gasteiger partial charge in [-0.1, -0.05) is 18.2 Å². The van der Waals surface area contributed by atoms with Crippen molar-refractivity contribution in [3.8, 4) is 10.8 Å². The molecule has 0 N–H and O–H groups in total. The van der Waals surface area contributed by atoms with Crippen LogP contribution in [0.25, 0.3) is 21.8 Å². The van der Waals surface area contributed by atoms with Crippen molar-refractivity contribution < 1.29 is 12.8 Å². The molecule has 0 aliphatic rings. The maximum Gasteiger partial charge on any atom is 0.236 e. The molecule has 128 valence electrons. The Morgan fingerprint density at radius 3 is 2.76 bits per heavy atom. The maximum atomic E-state index is 11.8. The molecule has 6 nitrogen and oxygen atoms in total. The number of oxazole rings is 1. The van der Waals surface area contributed by atoms with Gasteiger partial charge in [0.1, 0.15) is 17.8 Å². The zero-order chi connectivity index (χ0) is 17.4. The Kier molecular flexibility index (Phi) is 3.93. The van der Waals surface area contributed by atoms with Gasteiger partial charge in [-0.15, -0.1) is 11.3 Å². The second-order valence-corrected chi connectivity index (χ2v) is 8.88. The number of thiophene rings is 1. The van der Waals surface area contributed by atoms with E-state index in [1.807, 2.05) is 46.3 Å². The number of rotatable bonds is 5. The summed E-state index contributed by atoms with van der Waals surface area (Å²) in [4.78, 5) is 9.95. The van der Waals surface area contributed by atoms with Gasteiger partial charge in [-0.05, 0) is 23.6 Å². The van der Waals surface area contributed by atoms with Crippen molar-refractivity contribution in [1.29, 1.82) is 0 Å². The first kappa shape index (κ1) is 16.0. The molecule has 0 aliphatic heterocycles. The third-order valence-corrected chi connectivity index (χ3v) is 5.37. The maximum absolute atomic E-state index is 11.8. The molecule has 0 amide bonds. The Balaban J connectivity index is 1.74. The molecule has 8 heteroatoms. The lowest BCUT2D eigenvalue weighted by molar-refractivity contribution is 0.572. The molecule has 0 radical (unpaired) electrons. The van der Waals surface area contributed by atoms with E-state index in [2.05, 4.69) is 9.97 Å². The Labute approximate surface area is 148 Å². The molecule has 0 bridgehead atoms. The summed E-state index contributed by atoms with van der Waals surface area (Å²) >= 11 is 1.56. The highest BCUT2D eigenvalue weighted by Crippen LogP contribution is 2.25. The van der Waals surface area contributed by atoms with Gasteiger partial charge in [0.15, 0.2) is 9.84 Å². The second kappa shape index (κ2) is 6.12. The van der Waals surface area contributed by atoms with E-state index in [1.54, 1.807) is 17.6 Å². The number of aromatic nitrogens is 3. The molecule has 0 fully saturated rings. The number of sulfone groups is 1. The smallest absolute Gasteiger partial charge is 0.236 e. The molecule has 0 atom stereocenters. The Morgan fingerprint density at radius 1 is 1.16 bits per heavy atom. The number of nitrogens with zero attached hydrogens (tertiary/aromatic N) is 3. The number of hydrogen-bond donors (Lipinski definition) is 0. The zero-order valence-corrected chi connectivity index (χ0v) is 15.0. The average Bonchev–Trinajstić information content (AvgIpc) is 3.27. The summed E-state index contributed by atoms with van der Waals surface area (Å²) in [7, 11) is -3.20. The summed E-state index contributed by atoms with van der Waals surface area (Å²) in [6, 6.07) is 11.5. The van der Waals surface area contributed by atoms with E-state index in [4.69, 9.17) is 4.42 Å². The van der Waals surface area contributed by atoms with Crippen molar-refractivity contribution in [2.75, 3.05) is 6.26 Å². The van der Waals surface area contributed by atoms with Crippen LogP contribution in [0.5, 0.6) is 0 Å². The molecule has 0 unspecified atom stereocenters. The van der Waals surface area contributed by atoms with E-state index in [0.717, 1.165) is 21.6 Å². The van der Waals surface area contributed by atoms with Crippen molar-refractivity contribution >= 4 is 32.2 Å². The molecular weight excluding hydrogens is 358 g/mol. The molecule has 4 aromatic rings. The van der Waals surface area contributed by atoms with Crippen LogP contribution in [0.2, 0.25) is 0 Å². The second-order valence-electron chi connectivity index (χ2n) is 5.79. The van der Waals surface area contributed by atoms with Crippen molar-refractivity contribution in [3.63, 3.8) is 0 Å². The van der Waals surface area contributed by atoms with E-state index in [9.17, 15) is 8.42 Å². The Morgan fingerprint density at radius 2 is 2.00 bits per heavy atom. The lowest BCUT2D eigenvalue weighted by Gasteiger charge is -2.06. The van der Waals surface area contributed by atoms with Gasteiger partial charge in [0, 0.05) is 6.26 Å². The highest BCUT2D eigenvalue weighted by Gasteiger charge is 2.17. The van der Waals surface area contributed by atoms with Crippen LogP contribution in [-0.2, 0) is 22.1 Å². The Bertz CT molecular complexity index is 1130. The monoisotopic (exact) mass is 373 g/mol. The summed E-state index contributed by atoms with van der Waals surface area (Å²) in [5, 5.41) is 1.97. The number of fused-ring (bicyclic) bond motifs is 1. The van der Waals surface area contributed by atoms with E-state index >= 15 is 0 Å². The lowest BCUT2D eigenvalue weighted by atomic mass is 10.3. The molecule has 25 heavy (non-hydrogen) atoms. The molecule has 4 rings (SSSR count). The van der Waals surface area contributed by atoms with Crippen molar-refractivity contribution in [1.82, 2.24) is 14.5 Å². The summed E-state index contributed by atoms with van der Waals surface area (Å²) < 4.78 is 31.0. The van der Waals surface area contributed by atoms with Crippen molar-refractivity contribution in [3.05, 3.63) is 59.6 Å². The molecule has 3 aromatic heterocycles. The molecule has 0 spiro atoms. The summed E-state index contributed by atoms with van der Waals surface area (Å²) in [5.74, 6) is 0.959. The van der Waals surface area contributed by atoms with Crippen molar-refractivity contribution in [2.45, 2.75) is 12.3 Å². The van der Waals surface area contributed by atoms with Gasteiger partial charge >= 0.3 is 0 Å². The fourth-order valence-corrected chi connectivity index (χ4v) is 4.05. The van der Waals surface area contributed by atoms with Gasteiger partial charge < -0.3 is 8.98 Å². The van der Waals surface area contributed by atoms with Gasteiger partial charge in [-0.25, -0.2) is 18.4 Å². The number of imidazole rings is 1. The fourth-order valence-electron chi connectivity index (χ4n) is 2.70. The quantitative estimate of drug-likeness (QED) is 0.536. The largest absolute Gasteiger partial charge is 0.443 e. The normalized spacial score (nSPS) is 12.0. The lowest BCUT2D eigenvalue weighted by Crippen LogP contribution is -2.10.